The van der Waals surface area contributed by atoms with Crippen molar-refractivity contribution in [1.82, 2.24) is 20.0 Å². The predicted octanol–water partition coefficient (Wildman–Crippen LogP) is 2.35. The Balaban J connectivity index is 1.38. The molecule has 3 heterocycles. The van der Waals surface area contributed by atoms with Crippen LogP contribution in [0.25, 0.3) is 0 Å². The molecule has 2 amide bonds. The third-order valence-corrected chi connectivity index (χ3v) is 6.20. The van der Waals surface area contributed by atoms with Gasteiger partial charge in [-0.25, -0.2) is 9.18 Å². The molecule has 2 aromatic rings. The highest BCUT2D eigenvalue weighted by Crippen LogP contribution is 2.32. The Bertz CT molecular complexity index is 998. The van der Waals surface area contributed by atoms with Gasteiger partial charge < -0.3 is 19.9 Å². The van der Waals surface area contributed by atoms with Crippen molar-refractivity contribution in [1.29, 1.82) is 0 Å². The number of cyclic esters (lactones) is 1. The molecule has 178 valence electrons. The van der Waals surface area contributed by atoms with Gasteiger partial charge in [-0.1, -0.05) is 13.8 Å². The van der Waals surface area contributed by atoms with Crippen LogP contribution in [-0.4, -0.2) is 65.5 Å². The Kier molecular flexibility index (Phi) is 6.83. The van der Waals surface area contributed by atoms with Crippen molar-refractivity contribution in [3.63, 3.8) is 0 Å². The number of halogens is 1. The lowest BCUT2D eigenvalue weighted by Gasteiger charge is -2.21. The van der Waals surface area contributed by atoms with Gasteiger partial charge in [-0.05, 0) is 31.3 Å². The molecular formula is C23H31FN6O3. The molecule has 1 saturated heterocycles. The maximum atomic E-state index is 15.0. The minimum atomic E-state index is -0.544. The van der Waals surface area contributed by atoms with Crippen molar-refractivity contribution in [2.75, 3.05) is 42.5 Å². The molecule has 2 aliphatic heterocycles. The number of rotatable bonds is 9. The Morgan fingerprint density at radius 1 is 1.30 bits per heavy atom. The van der Waals surface area contributed by atoms with E-state index in [4.69, 9.17) is 9.84 Å². The number of aromatic nitrogens is 2. The Morgan fingerprint density at radius 3 is 2.76 bits per heavy atom. The largest absolute Gasteiger partial charge is 0.442 e. The smallest absolute Gasteiger partial charge is 0.414 e. The topological polar surface area (TPSA) is 82.9 Å². The van der Waals surface area contributed by atoms with Gasteiger partial charge in [0, 0.05) is 31.8 Å². The number of anilines is 2. The summed E-state index contributed by atoms with van der Waals surface area (Å²) in [5, 5.41) is 7.33. The van der Waals surface area contributed by atoms with E-state index in [1.807, 2.05) is 9.58 Å². The van der Waals surface area contributed by atoms with Gasteiger partial charge in [-0.15, -0.1) is 0 Å². The summed E-state index contributed by atoms with van der Waals surface area (Å²) < 4.78 is 22.3. The number of carbonyl (C=O) groups excluding carboxylic acids is 2. The number of ether oxygens (including phenoxy) is 1. The van der Waals surface area contributed by atoms with Crippen molar-refractivity contribution < 1.29 is 18.7 Å². The molecule has 0 saturated carbocycles. The highest BCUT2D eigenvalue weighted by atomic mass is 19.1. The van der Waals surface area contributed by atoms with Gasteiger partial charge in [0.1, 0.15) is 11.9 Å². The number of benzene rings is 1. The van der Waals surface area contributed by atoms with E-state index < -0.39 is 18.0 Å². The third kappa shape index (κ3) is 5.11. The van der Waals surface area contributed by atoms with Crippen LogP contribution in [0.15, 0.2) is 24.4 Å². The number of likely N-dealkylation sites (N-methyl/N-ethyl adjacent to an activating group) is 1. The molecule has 2 aliphatic rings. The summed E-state index contributed by atoms with van der Waals surface area (Å²) in [7, 11) is 0. The number of carbonyl (C=O) groups is 2. The molecule has 0 bridgehead atoms. The van der Waals surface area contributed by atoms with Crippen LogP contribution in [0.2, 0.25) is 0 Å². The average molecular weight is 459 g/mol. The minimum absolute atomic E-state index is 0.193. The van der Waals surface area contributed by atoms with Crippen LogP contribution in [0.5, 0.6) is 0 Å². The quantitative estimate of drug-likeness (QED) is 0.621. The van der Waals surface area contributed by atoms with E-state index in [1.54, 1.807) is 12.1 Å². The molecule has 10 heteroatoms. The van der Waals surface area contributed by atoms with Crippen molar-refractivity contribution in [2.24, 2.45) is 0 Å². The van der Waals surface area contributed by atoms with Gasteiger partial charge >= 0.3 is 6.09 Å². The molecule has 0 aliphatic carbocycles. The van der Waals surface area contributed by atoms with Crippen LogP contribution in [0.1, 0.15) is 32.0 Å². The second-order valence-corrected chi connectivity index (χ2v) is 8.44. The zero-order chi connectivity index (χ0) is 23.5. The summed E-state index contributed by atoms with van der Waals surface area (Å²) in [6.45, 7) is 11.2. The summed E-state index contributed by atoms with van der Waals surface area (Å²) in [5.74, 6) is -0.591. The lowest BCUT2D eigenvalue weighted by Crippen LogP contribution is -2.33. The second kappa shape index (κ2) is 9.78. The Hall–Kier alpha value is -3.14. The van der Waals surface area contributed by atoms with E-state index >= 15 is 4.39 Å². The number of amides is 2. The molecular weight excluding hydrogens is 427 g/mol. The monoisotopic (exact) mass is 458 g/mol. The van der Waals surface area contributed by atoms with E-state index in [0.29, 0.717) is 24.5 Å². The highest BCUT2D eigenvalue weighted by Gasteiger charge is 2.33. The maximum Gasteiger partial charge on any atom is 0.414 e. The van der Waals surface area contributed by atoms with E-state index in [-0.39, 0.29) is 19.0 Å². The first-order valence-corrected chi connectivity index (χ1v) is 11.4. The minimum Gasteiger partial charge on any atom is -0.442 e. The number of nitrogens with zero attached hydrogens (tertiary/aromatic N) is 5. The van der Waals surface area contributed by atoms with Gasteiger partial charge in [-0.3, -0.25) is 14.4 Å². The number of nitrogens with one attached hydrogen (secondary N) is 1. The second-order valence-electron chi connectivity index (χ2n) is 8.44. The SMILES string of the molecule is CCN(CC)CCn1cc2c(n1)CN(c1ccc(N3CC(CNC(C)=O)OC3=O)cc1F)C2. The van der Waals surface area contributed by atoms with Crippen LogP contribution in [0.4, 0.5) is 20.6 Å². The van der Waals surface area contributed by atoms with Gasteiger partial charge in [0.05, 0.1) is 43.2 Å². The third-order valence-electron chi connectivity index (χ3n) is 6.20. The summed E-state index contributed by atoms with van der Waals surface area (Å²) in [6.07, 6.45) is 1.05. The molecule has 1 aromatic carbocycles. The fourth-order valence-corrected chi connectivity index (χ4v) is 4.30. The predicted molar refractivity (Wildman–Crippen MR) is 123 cm³/mol. The van der Waals surface area contributed by atoms with E-state index in [0.717, 1.165) is 37.4 Å². The first kappa shape index (κ1) is 23.0. The molecule has 1 aromatic heterocycles. The zero-order valence-electron chi connectivity index (χ0n) is 19.4. The van der Waals surface area contributed by atoms with Gasteiger partial charge in [0.2, 0.25) is 5.91 Å². The number of hydrogen-bond donors (Lipinski definition) is 1. The average Bonchev–Trinajstić information content (AvgIpc) is 3.45. The van der Waals surface area contributed by atoms with Crippen LogP contribution in [0.3, 0.4) is 0 Å². The van der Waals surface area contributed by atoms with E-state index in [9.17, 15) is 9.59 Å². The summed E-state index contributed by atoms with van der Waals surface area (Å²) in [6, 6.07) is 4.78. The fourth-order valence-electron chi connectivity index (χ4n) is 4.30. The van der Waals surface area contributed by atoms with Crippen LogP contribution < -0.4 is 15.1 Å². The molecule has 1 atom stereocenters. The molecule has 0 spiro atoms. The van der Waals surface area contributed by atoms with Gasteiger partial charge in [0.15, 0.2) is 0 Å². The van der Waals surface area contributed by atoms with Gasteiger partial charge in [-0.2, -0.15) is 5.10 Å². The lowest BCUT2D eigenvalue weighted by molar-refractivity contribution is -0.119. The molecule has 9 nitrogen and oxygen atoms in total. The van der Waals surface area contributed by atoms with Crippen molar-refractivity contribution in [2.45, 2.75) is 46.5 Å². The summed E-state index contributed by atoms with van der Waals surface area (Å²) in [5.41, 5.74) is 3.00. The molecule has 1 unspecified atom stereocenters. The number of hydrogen-bond acceptors (Lipinski definition) is 6. The first-order valence-electron chi connectivity index (χ1n) is 11.4. The maximum absolute atomic E-state index is 15.0. The zero-order valence-corrected chi connectivity index (χ0v) is 19.4. The van der Waals surface area contributed by atoms with Crippen molar-refractivity contribution >= 4 is 23.4 Å². The standard InChI is InChI=1S/C23H31FN6O3/c1-4-27(5-2)8-9-29-13-17-12-28(15-21(17)26-29)22-7-6-18(10-20(22)24)30-14-19(33-23(30)32)11-25-16(3)31/h6-7,10,13,19H,4-5,8-9,11-12,14-15H2,1-3H3,(H,25,31). The molecule has 33 heavy (non-hydrogen) atoms. The Morgan fingerprint density at radius 2 is 2.09 bits per heavy atom. The molecule has 1 N–H and O–H groups in total. The van der Waals surface area contributed by atoms with E-state index in [2.05, 4.69) is 30.3 Å². The number of fused-ring (bicyclic) bond motifs is 1. The highest BCUT2D eigenvalue weighted by molar-refractivity contribution is 5.90. The molecule has 0 radical (unpaired) electrons. The Labute approximate surface area is 193 Å². The fraction of sp³-hybridized carbons (Fsp3) is 0.522. The molecule has 1 fully saturated rings. The van der Waals surface area contributed by atoms with Crippen LogP contribution in [0, 0.1) is 5.82 Å². The van der Waals surface area contributed by atoms with Gasteiger partial charge in [0.25, 0.3) is 0 Å². The van der Waals surface area contributed by atoms with E-state index in [1.165, 1.54) is 17.9 Å². The van der Waals surface area contributed by atoms with Crippen molar-refractivity contribution in [3.05, 3.63) is 41.5 Å². The lowest BCUT2D eigenvalue weighted by atomic mass is 10.2. The summed E-state index contributed by atoms with van der Waals surface area (Å²) >= 11 is 0. The van der Waals surface area contributed by atoms with Crippen LogP contribution in [-0.2, 0) is 29.2 Å². The normalized spacial score (nSPS) is 17.6. The van der Waals surface area contributed by atoms with Crippen LogP contribution >= 0.6 is 0 Å². The molecule has 4 rings (SSSR count). The summed E-state index contributed by atoms with van der Waals surface area (Å²) in [4.78, 5) is 29.0. The first-order chi connectivity index (χ1) is 15.9. The van der Waals surface area contributed by atoms with Crippen molar-refractivity contribution in [3.8, 4) is 0 Å².